The fourth-order valence-corrected chi connectivity index (χ4v) is 2.52. The molecule has 0 atom stereocenters. The van der Waals surface area contributed by atoms with Crippen molar-refractivity contribution in [1.82, 2.24) is 4.98 Å². The zero-order valence-corrected chi connectivity index (χ0v) is 10.8. The number of rotatable bonds is 2. The Bertz CT molecular complexity index is 505. The number of anilines is 1. The molecule has 1 aromatic heterocycles. The number of hydrogen-bond acceptors (Lipinski definition) is 3. The lowest BCUT2D eigenvalue weighted by molar-refractivity contribution is 0.854. The molecule has 0 aliphatic carbocycles. The minimum Gasteiger partial charge on any atom is -0.389 e. The van der Waals surface area contributed by atoms with E-state index in [9.17, 15) is 0 Å². The molecule has 0 unspecified atom stereocenters. The Morgan fingerprint density at radius 1 is 1.31 bits per heavy atom. The van der Waals surface area contributed by atoms with Crippen LogP contribution in [0.1, 0.15) is 24.8 Å². The summed E-state index contributed by atoms with van der Waals surface area (Å²) >= 11 is 7.66. The van der Waals surface area contributed by atoms with E-state index in [0.29, 0.717) is 10.9 Å². The number of nitrogens with zero attached hydrogens (tertiary/aromatic N) is 1. The summed E-state index contributed by atoms with van der Waals surface area (Å²) in [6, 6.07) is 7.63. The molecule has 0 saturated carbocycles. The Hall–Kier alpha value is -1.06. The van der Waals surface area contributed by atoms with Crippen LogP contribution < -0.4 is 5.73 Å². The van der Waals surface area contributed by atoms with Gasteiger partial charge >= 0.3 is 0 Å². The van der Waals surface area contributed by atoms with Crippen LogP contribution in [0.2, 0.25) is 5.02 Å². The predicted molar refractivity (Wildman–Crippen MR) is 71.1 cm³/mol. The Kier molecular flexibility index (Phi) is 3.17. The topological polar surface area (TPSA) is 38.9 Å². The summed E-state index contributed by atoms with van der Waals surface area (Å²) in [6.45, 7) is 4.21. The zero-order valence-electron chi connectivity index (χ0n) is 9.20. The average Bonchev–Trinajstić information content (AvgIpc) is 2.61. The SMILES string of the molecule is CC(C)c1nc(-c2ccccc2Cl)c(N)s1. The van der Waals surface area contributed by atoms with Crippen LogP contribution in [0, 0.1) is 0 Å². The predicted octanol–water partition coefficient (Wildman–Crippen LogP) is 4.17. The summed E-state index contributed by atoms with van der Waals surface area (Å²) in [5, 5.41) is 2.47. The lowest BCUT2D eigenvalue weighted by Gasteiger charge is -2.01. The molecule has 0 radical (unpaired) electrons. The molecular formula is C12H13ClN2S. The van der Waals surface area contributed by atoms with Crippen molar-refractivity contribution in [3.63, 3.8) is 0 Å². The van der Waals surface area contributed by atoms with Crippen molar-refractivity contribution in [2.24, 2.45) is 0 Å². The number of aromatic nitrogens is 1. The molecule has 4 heteroatoms. The number of nitrogens with two attached hydrogens (primary N) is 1. The second-order valence-electron chi connectivity index (χ2n) is 3.90. The lowest BCUT2D eigenvalue weighted by atomic mass is 10.1. The highest BCUT2D eigenvalue weighted by Crippen LogP contribution is 2.36. The lowest BCUT2D eigenvalue weighted by Crippen LogP contribution is -1.88. The first-order valence-electron chi connectivity index (χ1n) is 5.10. The second kappa shape index (κ2) is 4.44. The molecule has 0 fully saturated rings. The maximum Gasteiger partial charge on any atom is 0.114 e. The molecule has 2 rings (SSSR count). The van der Waals surface area contributed by atoms with Crippen LogP contribution >= 0.6 is 22.9 Å². The van der Waals surface area contributed by atoms with E-state index in [2.05, 4.69) is 18.8 Å². The molecule has 16 heavy (non-hydrogen) atoms. The maximum absolute atomic E-state index is 6.13. The zero-order chi connectivity index (χ0) is 11.7. The third kappa shape index (κ3) is 2.06. The molecule has 0 spiro atoms. The smallest absolute Gasteiger partial charge is 0.114 e. The number of hydrogen-bond donors (Lipinski definition) is 1. The van der Waals surface area contributed by atoms with E-state index >= 15 is 0 Å². The van der Waals surface area contributed by atoms with Crippen LogP contribution in [0.3, 0.4) is 0 Å². The van der Waals surface area contributed by atoms with Crippen LogP contribution in [-0.2, 0) is 0 Å². The van der Waals surface area contributed by atoms with Crippen molar-refractivity contribution in [2.75, 3.05) is 5.73 Å². The average molecular weight is 253 g/mol. The number of thiazole rings is 1. The quantitative estimate of drug-likeness (QED) is 0.871. The fraction of sp³-hybridized carbons (Fsp3) is 0.250. The van der Waals surface area contributed by atoms with Gasteiger partial charge in [-0.25, -0.2) is 4.98 Å². The highest BCUT2D eigenvalue weighted by Gasteiger charge is 2.14. The van der Waals surface area contributed by atoms with E-state index < -0.39 is 0 Å². The molecule has 2 aromatic rings. The van der Waals surface area contributed by atoms with Gasteiger partial charge in [0.15, 0.2) is 0 Å². The molecule has 0 aliphatic rings. The van der Waals surface area contributed by atoms with Gasteiger partial charge < -0.3 is 5.73 Å². The van der Waals surface area contributed by atoms with E-state index in [-0.39, 0.29) is 0 Å². The van der Waals surface area contributed by atoms with Gasteiger partial charge in [-0.15, -0.1) is 11.3 Å². The van der Waals surface area contributed by atoms with Gasteiger partial charge in [-0.2, -0.15) is 0 Å². The molecule has 0 bridgehead atoms. The van der Waals surface area contributed by atoms with Gasteiger partial charge in [-0.3, -0.25) is 0 Å². The van der Waals surface area contributed by atoms with Crippen LogP contribution in [0.4, 0.5) is 5.00 Å². The van der Waals surface area contributed by atoms with Gasteiger partial charge in [0.05, 0.1) is 10.0 Å². The molecule has 2 nitrogen and oxygen atoms in total. The summed E-state index contributed by atoms with van der Waals surface area (Å²) < 4.78 is 0. The van der Waals surface area contributed by atoms with Gasteiger partial charge in [0.1, 0.15) is 10.7 Å². The third-order valence-electron chi connectivity index (χ3n) is 2.29. The summed E-state index contributed by atoms with van der Waals surface area (Å²) in [5.74, 6) is 0.392. The molecule has 0 aliphatic heterocycles. The molecule has 84 valence electrons. The molecule has 1 heterocycles. The van der Waals surface area contributed by atoms with Crippen molar-refractivity contribution < 1.29 is 0 Å². The summed E-state index contributed by atoms with van der Waals surface area (Å²) in [5.41, 5.74) is 7.69. The van der Waals surface area contributed by atoms with Crippen molar-refractivity contribution in [1.29, 1.82) is 0 Å². The molecule has 0 amide bonds. The summed E-state index contributed by atoms with van der Waals surface area (Å²) in [7, 11) is 0. The Balaban J connectivity index is 2.52. The van der Waals surface area contributed by atoms with E-state index in [1.165, 1.54) is 11.3 Å². The molecule has 1 aromatic carbocycles. The number of nitrogen functional groups attached to an aromatic ring is 1. The first kappa shape index (κ1) is 11.4. The van der Waals surface area contributed by atoms with Gasteiger partial charge in [-0.05, 0) is 6.07 Å². The molecular weight excluding hydrogens is 240 g/mol. The van der Waals surface area contributed by atoms with E-state index in [1.54, 1.807) is 0 Å². The normalized spacial score (nSPS) is 11.0. The van der Waals surface area contributed by atoms with Crippen molar-refractivity contribution in [3.8, 4) is 11.3 Å². The van der Waals surface area contributed by atoms with Crippen LogP contribution in [0.15, 0.2) is 24.3 Å². The third-order valence-corrected chi connectivity index (χ3v) is 3.81. The summed E-state index contributed by atoms with van der Waals surface area (Å²) in [4.78, 5) is 4.55. The molecule has 2 N–H and O–H groups in total. The Labute approximate surface area is 104 Å². The fourth-order valence-electron chi connectivity index (χ4n) is 1.44. The van der Waals surface area contributed by atoms with Gasteiger partial charge in [0.2, 0.25) is 0 Å². The second-order valence-corrected chi connectivity index (χ2v) is 5.37. The Morgan fingerprint density at radius 2 is 2.00 bits per heavy atom. The van der Waals surface area contributed by atoms with E-state index in [4.69, 9.17) is 17.3 Å². The van der Waals surface area contributed by atoms with Crippen LogP contribution in [-0.4, -0.2) is 4.98 Å². The highest BCUT2D eigenvalue weighted by molar-refractivity contribution is 7.16. The van der Waals surface area contributed by atoms with Gasteiger partial charge in [0, 0.05) is 11.5 Å². The monoisotopic (exact) mass is 252 g/mol. The summed E-state index contributed by atoms with van der Waals surface area (Å²) in [6.07, 6.45) is 0. The minimum absolute atomic E-state index is 0.392. The standard InChI is InChI=1S/C12H13ClN2S/c1-7(2)12-15-10(11(14)16-12)8-5-3-4-6-9(8)13/h3-7H,14H2,1-2H3. The highest BCUT2D eigenvalue weighted by atomic mass is 35.5. The number of halogens is 1. The van der Waals surface area contributed by atoms with Crippen molar-refractivity contribution in [3.05, 3.63) is 34.3 Å². The maximum atomic E-state index is 6.13. The van der Waals surface area contributed by atoms with Crippen LogP contribution in [0.5, 0.6) is 0 Å². The first-order chi connectivity index (χ1) is 7.59. The van der Waals surface area contributed by atoms with Gasteiger partial charge in [-0.1, -0.05) is 43.6 Å². The van der Waals surface area contributed by atoms with E-state index in [0.717, 1.165) is 21.3 Å². The van der Waals surface area contributed by atoms with Crippen LogP contribution in [0.25, 0.3) is 11.3 Å². The first-order valence-corrected chi connectivity index (χ1v) is 6.30. The minimum atomic E-state index is 0.392. The molecule has 0 saturated heterocycles. The largest absolute Gasteiger partial charge is 0.389 e. The van der Waals surface area contributed by atoms with Gasteiger partial charge in [0.25, 0.3) is 0 Å². The number of benzene rings is 1. The van der Waals surface area contributed by atoms with Crippen molar-refractivity contribution in [2.45, 2.75) is 19.8 Å². The Morgan fingerprint density at radius 3 is 2.56 bits per heavy atom. The van der Waals surface area contributed by atoms with Crippen molar-refractivity contribution >= 4 is 27.9 Å². The van der Waals surface area contributed by atoms with E-state index in [1.807, 2.05) is 24.3 Å².